The van der Waals surface area contributed by atoms with Crippen LogP contribution in [-0.4, -0.2) is 34.9 Å². The Labute approximate surface area is 295 Å². The summed E-state index contributed by atoms with van der Waals surface area (Å²) in [6.07, 6.45) is 48.9. The molecule has 0 aliphatic heterocycles. The summed E-state index contributed by atoms with van der Waals surface area (Å²) in [5, 5.41) is 23.0. The van der Waals surface area contributed by atoms with Crippen molar-refractivity contribution < 1.29 is 15.0 Å². The Bertz CT molecular complexity index is 637. The molecule has 0 heterocycles. The van der Waals surface area contributed by atoms with Crippen LogP contribution in [0, 0.1) is 0 Å². The van der Waals surface area contributed by atoms with E-state index in [0.717, 1.165) is 25.7 Å². The zero-order valence-electron chi connectivity index (χ0n) is 32.1. The third kappa shape index (κ3) is 36.2. The van der Waals surface area contributed by atoms with Crippen LogP contribution in [0.25, 0.3) is 0 Å². The van der Waals surface area contributed by atoms with E-state index in [1.807, 2.05) is 6.08 Å². The number of unbranched alkanes of at least 4 members (excludes halogenated alkanes) is 32. The number of rotatable bonds is 39. The first-order valence-electron chi connectivity index (χ1n) is 21.4. The summed E-state index contributed by atoms with van der Waals surface area (Å²) in [5.41, 5.74) is 0. The van der Waals surface area contributed by atoms with E-state index < -0.39 is 12.1 Å². The number of hydrogen-bond acceptors (Lipinski definition) is 3. The number of amides is 1. The third-order valence-electron chi connectivity index (χ3n) is 10.0. The van der Waals surface area contributed by atoms with Crippen LogP contribution in [0.3, 0.4) is 0 Å². The van der Waals surface area contributed by atoms with Gasteiger partial charge in [-0.05, 0) is 19.3 Å². The lowest BCUT2D eigenvalue weighted by atomic mass is 10.0. The van der Waals surface area contributed by atoms with Crippen molar-refractivity contribution in [3.63, 3.8) is 0 Å². The molecule has 4 nitrogen and oxygen atoms in total. The number of carbonyl (C=O) groups is 1. The van der Waals surface area contributed by atoms with Crippen LogP contribution in [0.2, 0.25) is 0 Å². The standard InChI is InChI=1S/C43H85NO3/c1-3-5-7-9-11-13-15-17-18-19-20-21-22-23-24-25-27-28-30-32-34-36-38-42(46)41(40-45)44-43(47)39-37-35-33-31-29-26-16-14-12-10-8-6-4-2/h36,38,41-42,45-46H,3-35,37,39-40H2,1-2H3,(H,44,47)/b38-36+. The lowest BCUT2D eigenvalue weighted by Gasteiger charge is -2.20. The van der Waals surface area contributed by atoms with E-state index in [0.29, 0.717) is 6.42 Å². The maximum Gasteiger partial charge on any atom is 0.220 e. The minimum atomic E-state index is -0.833. The highest BCUT2D eigenvalue weighted by molar-refractivity contribution is 5.76. The summed E-state index contributed by atoms with van der Waals surface area (Å²) < 4.78 is 0. The van der Waals surface area contributed by atoms with Gasteiger partial charge in [-0.2, -0.15) is 0 Å². The van der Waals surface area contributed by atoms with Crippen LogP contribution in [0.4, 0.5) is 0 Å². The van der Waals surface area contributed by atoms with Gasteiger partial charge in [0.25, 0.3) is 0 Å². The molecule has 2 unspecified atom stereocenters. The van der Waals surface area contributed by atoms with E-state index in [4.69, 9.17) is 0 Å². The van der Waals surface area contributed by atoms with E-state index in [2.05, 4.69) is 19.2 Å². The highest BCUT2D eigenvalue weighted by atomic mass is 16.3. The monoisotopic (exact) mass is 664 g/mol. The molecule has 0 aromatic carbocycles. The first kappa shape index (κ1) is 46.1. The van der Waals surface area contributed by atoms with Crippen molar-refractivity contribution in [2.45, 2.75) is 251 Å². The molecular weight excluding hydrogens is 578 g/mol. The Kier molecular flexibility index (Phi) is 38.8. The van der Waals surface area contributed by atoms with Crippen LogP contribution in [-0.2, 0) is 4.79 Å². The predicted octanol–water partition coefficient (Wildman–Crippen LogP) is 13.1. The summed E-state index contributed by atoms with van der Waals surface area (Å²) in [6, 6.07) is -0.615. The fourth-order valence-corrected chi connectivity index (χ4v) is 6.71. The molecule has 0 fully saturated rings. The van der Waals surface area contributed by atoms with Crippen molar-refractivity contribution >= 4 is 5.91 Å². The molecule has 4 heteroatoms. The Morgan fingerprint density at radius 1 is 0.489 bits per heavy atom. The molecule has 280 valence electrons. The van der Waals surface area contributed by atoms with Gasteiger partial charge in [0.1, 0.15) is 0 Å². The van der Waals surface area contributed by atoms with Crippen LogP contribution in [0.1, 0.15) is 239 Å². The predicted molar refractivity (Wildman–Crippen MR) is 207 cm³/mol. The van der Waals surface area contributed by atoms with E-state index in [-0.39, 0.29) is 12.5 Å². The molecule has 0 saturated carbocycles. The van der Waals surface area contributed by atoms with E-state index in [1.165, 1.54) is 193 Å². The number of carbonyl (C=O) groups excluding carboxylic acids is 1. The van der Waals surface area contributed by atoms with Gasteiger partial charge in [0.05, 0.1) is 18.8 Å². The molecular formula is C43H85NO3. The first-order valence-corrected chi connectivity index (χ1v) is 21.4. The van der Waals surface area contributed by atoms with Gasteiger partial charge in [-0.1, -0.05) is 225 Å². The van der Waals surface area contributed by atoms with Gasteiger partial charge in [-0.15, -0.1) is 0 Å². The minimum Gasteiger partial charge on any atom is -0.394 e. The fraction of sp³-hybridized carbons (Fsp3) is 0.930. The number of aliphatic hydroxyl groups is 2. The second kappa shape index (κ2) is 39.6. The fourth-order valence-electron chi connectivity index (χ4n) is 6.71. The van der Waals surface area contributed by atoms with Gasteiger partial charge in [0.15, 0.2) is 0 Å². The van der Waals surface area contributed by atoms with E-state index in [9.17, 15) is 15.0 Å². The van der Waals surface area contributed by atoms with Crippen molar-refractivity contribution in [3.05, 3.63) is 12.2 Å². The third-order valence-corrected chi connectivity index (χ3v) is 10.0. The molecule has 0 aliphatic carbocycles. The summed E-state index contributed by atoms with van der Waals surface area (Å²) in [6.45, 7) is 4.32. The topological polar surface area (TPSA) is 69.6 Å². The number of hydrogen-bond donors (Lipinski definition) is 3. The van der Waals surface area contributed by atoms with Gasteiger partial charge >= 0.3 is 0 Å². The molecule has 0 spiro atoms. The van der Waals surface area contributed by atoms with Crippen molar-refractivity contribution in [1.29, 1.82) is 0 Å². The van der Waals surface area contributed by atoms with Crippen LogP contribution < -0.4 is 5.32 Å². The molecule has 47 heavy (non-hydrogen) atoms. The van der Waals surface area contributed by atoms with Crippen molar-refractivity contribution in [2.24, 2.45) is 0 Å². The minimum absolute atomic E-state index is 0.0614. The molecule has 3 N–H and O–H groups in total. The Hall–Kier alpha value is -0.870. The van der Waals surface area contributed by atoms with E-state index >= 15 is 0 Å². The van der Waals surface area contributed by atoms with Gasteiger partial charge in [0.2, 0.25) is 5.91 Å². The molecule has 0 aromatic heterocycles. The number of allylic oxidation sites excluding steroid dienone is 1. The van der Waals surface area contributed by atoms with E-state index in [1.54, 1.807) is 6.08 Å². The smallest absolute Gasteiger partial charge is 0.220 e. The Morgan fingerprint density at radius 3 is 1.11 bits per heavy atom. The number of aliphatic hydroxyl groups excluding tert-OH is 2. The van der Waals surface area contributed by atoms with Crippen molar-refractivity contribution in [2.75, 3.05) is 6.61 Å². The maximum atomic E-state index is 12.3. The zero-order chi connectivity index (χ0) is 34.3. The second-order valence-electron chi connectivity index (χ2n) is 14.8. The summed E-state index contributed by atoms with van der Waals surface area (Å²) in [5.74, 6) is -0.0614. The highest BCUT2D eigenvalue weighted by Gasteiger charge is 2.17. The molecule has 0 saturated heterocycles. The summed E-state index contributed by atoms with van der Waals surface area (Å²) >= 11 is 0. The molecule has 0 bridgehead atoms. The average Bonchev–Trinajstić information content (AvgIpc) is 3.07. The van der Waals surface area contributed by atoms with Gasteiger partial charge < -0.3 is 15.5 Å². The zero-order valence-corrected chi connectivity index (χ0v) is 32.1. The highest BCUT2D eigenvalue weighted by Crippen LogP contribution is 2.16. The quantitative estimate of drug-likeness (QED) is 0.0453. The van der Waals surface area contributed by atoms with Gasteiger partial charge in [0, 0.05) is 6.42 Å². The lowest BCUT2D eigenvalue weighted by Crippen LogP contribution is -2.45. The largest absolute Gasteiger partial charge is 0.394 e. The summed E-state index contributed by atoms with van der Waals surface area (Å²) in [7, 11) is 0. The van der Waals surface area contributed by atoms with Gasteiger partial charge in [-0.3, -0.25) is 4.79 Å². The average molecular weight is 664 g/mol. The second-order valence-corrected chi connectivity index (χ2v) is 14.8. The van der Waals surface area contributed by atoms with Crippen molar-refractivity contribution in [3.8, 4) is 0 Å². The Balaban J connectivity index is 3.52. The van der Waals surface area contributed by atoms with Crippen molar-refractivity contribution in [1.82, 2.24) is 5.32 Å². The maximum absolute atomic E-state index is 12.3. The first-order chi connectivity index (χ1) is 23.2. The molecule has 2 atom stereocenters. The molecule has 0 radical (unpaired) electrons. The summed E-state index contributed by atoms with van der Waals surface area (Å²) in [4.78, 5) is 12.3. The van der Waals surface area contributed by atoms with Crippen LogP contribution in [0.15, 0.2) is 12.2 Å². The molecule has 0 rings (SSSR count). The van der Waals surface area contributed by atoms with Crippen LogP contribution >= 0.6 is 0 Å². The van der Waals surface area contributed by atoms with Crippen LogP contribution in [0.5, 0.6) is 0 Å². The molecule has 1 amide bonds. The molecule has 0 aliphatic rings. The van der Waals surface area contributed by atoms with Gasteiger partial charge in [-0.25, -0.2) is 0 Å². The normalized spacial score (nSPS) is 13.0. The Morgan fingerprint density at radius 2 is 0.787 bits per heavy atom. The SMILES string of the molecule is CCCCCCCCCCCCCCCCCCCCCC/C=C/C(O)C(CO)NC(=O)CCCCCCCCCCCCCCC. The lowest BCUT2D eigenvalue weighted by molar-refractivity contribution is -0.123. The number of nitrogens with one attached hydrogen (secondary N) is 1. The molecule has 0 aromatic rings.